The van der Waals surface area contributed by atoms with Gasteiger partial charge in [-0.2, -0.15) is 0 Å². The number of hydrogen-bond donors (Lipinski definition) is 2. The lowest BCUT2D eigenvalue weighted by Crippen LogP contribution is -2.55. The number of carbonyl (C=O) groups excluding carboxylic acids is 1. The molecule has 0 bridgehead atoms. The van der Waals surface area contributed by atoms with Gasteiger partial charge >= 0.3 is 12.0 Å². The minimum absolute atomic E-state index is 0.116. The maximum atomic E-state index is 11.7. The Bertz CT molecular complexity index is 290. The molecular weight excluding hydrogens is 238 g/mol. The van der Waals surface area contributed by atoms with Crippen LogP contribution in [-0.4, -0.2) is 79.4 Å². The molecule has 0 aromatic heterocycles. The van der Waals surface area contributed by atoms with Crippen LogP contribution in [0.1, 0.15) is 6.92 Å². The lowest BCUT2D eigenvalue weighted by molar-refractivity contribution is -0.143. The number of ether oxygens (including phenoxy) is 1. The maximum Gasteiger partial charge on any atom is 0.320 e. The zero-order valence-corrected chi connectivity index (χ0v) is 10.9. The van der Waals surface area contributed by atoms with Gasteiger partial charge in [0.1, 0.15) is 6.04 Å². The third-order valence-corrected chi connectivity index (χ3v) is 3.09. The second-order valence-electron chi connectivity index (χ2n) is 4.26. The Hall–Kier alpha value is -1.34. The molecule has 0 radical (unpaired) electrons. The summed E-state index contributed by atoms with van der Waals surface area (Å²) in [5.74, 6) is -0.826. The van der Waals surface area contributed by atoms with E-state index < -0.39 is 12.0 Å². The van der Waals surface area contributed by atoms with Crippen molar-refractivity contribution >= 4 is 12.0 Å². The van der Waals surface area contributed by atoms with Crippen molar-refractivity contribution < 1.29 is 19.4 Å². The summed E-state index contributed by atoms with van der Waals surface area (Å²) < 4.78 is 4.85. The van der Waals surface area contributed by atoms with Crippen molar-refractivity contribution in [3.05, 3.63) is 0 Å². The molecule has 1 saturated heterocycles. The molecule has 0 aromatic carbocycles. The van der Waals surface area contributed by atoms with E-state index in [0.29, 0.717) is 39.3 Å². The minimum Gasteiger partial charge on any atom is -0.480 e. The molecule has 18 heavy (non-hydrogen) atoms. The summed E-state index contributed by atoms with van der Waals surface area (Å²) >= 11 is 0. The third kappa shape index (κ3) is 4.15. The molecule has 104 valence electrons. The van der Waals surface area contributed by atoms with Gasteiger partial charge in [0.15, 0.2) is 0 Å². The van der Waals surface area contributed by atoms with Gasteiger partial charge in [-0.3, -0.25) is 9.69 Å². The molecule has 7 nitrogen and oxygen atoms in total. The molecule has 1 heterocycles. The van der Waals surface area contributed by atoms with E-state index in [9.17, 15) is 9.59 Å². The van der Waals surface area contributed by atoms with Crippen LogP contribution < -0.4 is 5.32 Å². The van der Waals surface area contributed by atoms with E-state index in [1.807, 2.05) is 4.90 Å². The Kier molecular flexibility index (Phi) is 5.87. The number of carboxylic acid groups (broad SMARTS) is 1. The number of nitrogens with zero attached hydrogens (tertiary/aromatic N) is 2. The Morgan fingerprint density at radius 1 is 1.33 bits per heavy atom. The van der Waals surface area contributed by atoms with Crippen molar-refractivity contribution in [2.45, 2.75) is 13.0 Å². The minimum atomic E-state index is -0.826. The van der Waals surface area contributed by atoms with Crippen molar-refractivity contribution in [1.29, 1.82) is 0 Å². The largest absolute Gasteiger partial charge is 0.480 e. The van der Waals surface area contributed by atoms with Gasteiger partial charge in [-0.05, 0) is 6.92 Å². The molecule has 7 heteroatoms. The third-order valence-electron chi connectivity index (χ3n) is 3.09. The van der Waals surface area contributed by atoms with Gasteiger partial charge in [0.2, 0.25) is 0 Å². The lowest BCUT2D eigenvalue weighted by Gasteiger charge is -2.36. The van der Waals surface area contributed by atoms with Gasteiger partial charge in [-0.15, -0.1) is 0 Å². The molecule has 1 aliphatic rings. The van der Waals surface area contributed by atoms with E-state index in [1.165, 1.54) is 0 Å². The number of carboxylic acids is 1. The van der Waals surface area contributed by atoms with Crippen LogP contribution in [-0.2, 0) is 9.53 Å². The van der Waals surface area contributed by atoms with Gasteiger partial charge in [0.05, 0.1) is 6.61 Å². The number of carbonyl (C=O) groups is 2. The maximum absolute atomic E-state index is 11.7. The topological polar surface area (TPSA) is 82.1 Å². The Balaban J connectivity index is 2.30. The van der Waals surface area contributed by atoms with Crippen LogP contribution in [0.5, 0.6) is 0 Å². The van der Waals surface area contributed by atoms with E-state index in [4.69, 9.17) is 9.84 Å². The molecule has 2 amide bonds. The summed E-state index contributed by atoms with van der Waals surface area (Å²) in [6.45, 7) is 4.92. The predicted molar refractivity (Wildman–Crippen MR) is 65.5 cm³/mol. The number of amides is 2. The Labute approximate surface area is 107 Å². The summed E-state index contributed by atoms with van der Waals surface area (Å²) in [4.78, 5) is 26.1. The van der Waals surface area contributed by atoms with Crippen LogP contribution in [0.2, 0.25) is 0 Å². The quantitative estimate of drug-likeness (QED) is 0.646. The van der Waals surface area contributed by atoms with Crippen LogP contribution in [0.4, 0.5) is 4.79 Å². The highest BCUT2D eigenvalue weighted by molar-refractivity contribution is 5.74. The van der Waals surface area contributed by atoms with Crippen molar-refractivity contribution in [3.8, 4) is 0 Å². The summed E-state index contributed by atoms with van der Waals surface area (Å²) in [5, 5.41) is 11.7. The zero-order chi connectivity index (χ0) is 13.5. The fourth-order valence-electron chi connectivity index (χ4n) is 1.84. The molecule has 1 fully saturated rings. The number of rotatable bonds is 5. The molecule has 1 aliphatic heterocycles. The summed E-state index contributed by atoms with van der Waals surface area (Å²) in [6, 6.07) is -0.613. The monoisotopic (exact) mass is 259 g/mol. The van der Waals surface area contributed by atoms with Crippen molar-refractivity contribution in [2.24, 2.45) is 0 Å². The number of piperazine rings is 1. The highest BCUT2D eigenvalue weighted by atomic mass is 16.5. The molecule has 1 atom stereocenters. The first-order chi connectivity index (χ1) is 8.56. The summed E-state index contributed by atoms with van der Waals surface area (Å²) in [7, 11) is 1.58. The number of nitrogens with one attached hydrogen (secondary N) is 1. The van der Waals surface area contributed by atoms with Gasteiger partial charge in [-0.25, -0.2) is 4.79 Å². The van der Waals surface area contributed by atoms with Crippen LogP contribution in [0.25, 0.3) is 0 Å². The number of hydrogen-bond acceptors (Lipinski definition) is 4. The Morgan fingerprint density at radius 2 is 1.94 bits per heavy atom. The van der Waals surface area contributed by atoms with Gasteiger partial charge in [0.25, 0.3) is 0 Å². The normalized spacial score (nSPS) is 18.4. The zero-order valence-electron chi connectivity index (χ0n) is 10.9. The molecule has 0 saturated carbocycles. The van der Waals surface area contributed by atoms with Crippen LogP contribution in [0.3, 0.4) is 0 Å². The summed E-state index contributed by atoms with van der Waals surface area (Å²) in [5.41, 5.74) is 0. The smallest absolute Gasteiger partial charge is 0.320 e. The number of methoxy groups -OCH3 is 1. The van der Waals surface area contributed by atoms with E-state index >= 15 is 0 Å². The highest BCUT2D eigenvalue weighted by Gasteiger charge is 2.26. The lowest BCUT2D eigenvalue weighted by atomic mass is 10.2. The molecule has 0 spiro atoms. The van der Waals surface area contributed by atoms with E-state index in [1.54, 1.807) is 18.9 Å². The average molecular weight is 259 g/mol. The number of urea groups is 1. The van der Waals surface area contributed by atoms with Gasteiger partial charge < -0.3 is 20.1 Å². The van der Waals surface area contributed by atoms with Crippen molar-refractivity contribution in [2.75, 3.05) is 46.4 Å². The van der Waals surface area contributed by atoms with Gasteiger partial charge in [0, 0.05) is 39.8 Å². The van der Waals surface area contributed by atoms with Crippen LogP contribution >= 0.6 is 0 Å². The SMILES string of the molecule is COCCNC(=O)N1CCN(C(C)C(=O)O)CC1. The molecule has 0 aliphatic carbocycles. The first-order valence-electron chi connectivity index (χ1n) is 6.05. The molecule has 1 unspecified atom stereocenters. The predicted octanol–water partition coefficient (Wildman–Crippen LogP) is -0.567. The molecular formula is C11H21N3O4. The number of aliphatic carboxylic acids is 1. The van der Waals surface area contributed by atoms with Gasteiger partial charge in [-0.1, -0.05) is 0 Å². The van der Waals surface area contributed by atoms with E-state index in [0.717, 1.165) is 0 Å². The Morgan fingerprint density at radius 3 is 2.44 bits per heavy atom. The van der Waals surface area contributed by atoms with E-state index in [2.05, 4.69) is 5.32 Å². The second-order valence-corrected chi connectivity index (χ2v) is 4.26. The van der Waals surface area contributed by atoms with E-state index in [-0.39, 0.29) is 6.03 Å². The first-order valence-corrected chi connectivity index (χ1v) is 6.05. The second kappa shape index (κ2) is 7.17. The van der Waals surface area contributed by atoms with Crippen LogP contribution in [0, 0.1) is 0 Å². The van der Waals surface area contributed by atoms with Crippen LogP contribution in [0.15, 0.2) is 0 Å². The molecule has 1 rings (SSSR count). The fourth-order valence-corrected chi connectivity index (χ4v) is 1.84. The standard InChI is InChI=1S/C11H21N3O4/c1-9(10(15)16)13-4-6-14(7-5-13)11(17)12-3-8-18-2/h9H,3-8H2,1-2H3,(H,12,17)(H,15,16). The summed E-state index contributed by atoms with van der Waals surface area (Å²) in [6.07, 6.45) is 0. The van der Waals surface area contributed by atoms with Crippen molar-refractivity contribution in [1.82, 2.24) is 15.1 Å². The fraction of sp³-hybridized carbons (Fsp3) is 0.818. The highest BCUT2D eigenvalue weighted by Crippen LogP contribution is 2.06. The molecule has 2 N–H and O–H groups in total. The molecule has 0 aromatic rings. The first kappa shape index (κ1) is 14.7. The average Bonchev–Trinajstić information content (AvgIpc) is 2.38. The van der Waals surface area contributed by atoms with Crippen molar-refractivity contribution in [3.63, 3.8) is 0 Å².